The Balaban J connectivity index is 0.00000205. The highest BCUT2D eigenvalue weighted by molar-refractivity contribution is 6.36. The van der Waals surface area contributed by atoms with Gasteiger partial charge in [-0.3, -0.25) is 19.4 Å². The molecular weight excluding hydrogens is 413 g/mol. The predicted octanol–water partition coefficient (Wildman–Crippen LogP) is 3.72. The molecule has 1 N–H and O–H groups in total. The first-order valence-electron chi connectivity index (χ1n) is 9.12. The zero-order chi connectivity index (χ0) is 19.4. The Morgan fingerprint density at radius 1 is 1.07 bits per heavy atom. The number of aromatic nitrogens is 1. The van der Waals surface area contributed by atoms with Crippen LogP contribution in [0, 0.1) is 23.7 Å². The van der Waals surface area contributed by atoms with Gasteiger partial charge in [0.05, 0.1) is 22.5 Å². The van der Waals surface area contributed by atoms with Crippen LogP contribution >= 0.6 is 24.0 Å². The molecule has 8 heteroatoms. The highest BCUT2D eigenvalue weighted by atomic mass is 35.5. The maximum Gasteiger partial charge on any atom is 0.274 e. The van der Waals surface area contributed by atoms with Gasteiger partial charge in [-0.15, -0.1) is 12.4 Å². The number of nitrogens with one attached hydrogen (secondary N) is 1. The molecule has 3 amide bonds. The fraction of sp³-hybridized carbons (Fsp3) is 0.238. The molecule has 29 heavy (non-hydrogen) atoms. The van der Waals surface area contributed by atoms with Crippen molar-refractivity contribution in [1.82, 2.24) is 4.98 Å². The number of nitrogens with zero attached hydrogens (tertiary/aromatic N) is 2. The van der Waals surface area contributed by atoms with Crippen molar-refractivity contribution in [2.75, 3.05) is 10.2 Å². The molecule has 4 atom stereocenters. The van der Waals surface area contributed by atoms with Crippen molar-refractivity contribution in [2.45, 2.75) is 6.42 Å². The number of hydrogen-bond acceptors (Lipinski definition) is 4. The van der Waals surface area contributed by atoms with Crippen molar-refractivity contribution in [3.63, 3.8) is 0 Å². The molecule has 1 aliphatic heterocycles. The topological polar surface area (TPSA) is 79.4 Å². The van der Waals surface area contributed by atoms with E-state index < -0.39 is 0 Å². The minimum atomic E-state index is -0.366. The van der Waals surface area contributed by atoms with Gasteiger partial charge < -0.3 is 5.32 Å². The Morgan fingerprint density at radius 2 is 1.76 bits per heavy atom. The third-order valence-electron chi connectivity index (χ3n) is 5.81. The summed E-state index contributed by atoms with van der Waals surface area (Å²) in [6, 6.07) is 9.82. The zero-order valence-corrected chi connectivity index (χ0v) is 16.7. The van der Waals surface area contributed by atoms with Gasteiger partial charge in [0.15, 0.2) is 0 Å². The fourth-order valence-corrected chi connectivity index (χ4v) is 4.86. The van der Waals surface area contributed by atoms with Crippen LogP contribution in [0.5, 0.6) is 0 Å². The summed E-state index contributed by atoms with van der Waals surface area (Å²) in [5, 5.41) is 2.96. The van der Waals surface area contributed by atoms with Crippen LogP contribution in [-0.2, 0) is 9.59 Å². The third-order valence-corrected chi connectivity index (χ3v) is 6.12. The Kier molecular flexibility index (Phi) is 4.92. The summed E-state index contributed by atoms with van der Waals surface area (Å²) in [6.45, 7) is 0. The summed E-state index contributed by atoms with van der Waals surface area (Å²) >= 11 is 6.39. The van der Waals surface area contributed by atoms with E-state index >= 15 is 0 Å². The molecule has 2 bridgehead atoms. The van der Waals surface area contributed by atoms with Gasteiger partial charge in [0.2, 0.25) is 11.8 Å². The molecule has 1 aromatic heterocycles. The number of amides is 3. The van der Waals surface area contributed by atoms with Gasteiger partial charge in [0.1, 0.15) is 5.69 Å². The van der Waals surface area contributed by atoms with Crippen LogP contribution in [-0.4, -0.2) is 22.7 Å². The van der Waals surface area contributed by atoms with Crippen LogP contribution in [0.3, 0.4) is 0 Å². The van der Waals surface area contributed by atoms with Gasteiger partial charge in [0.25, 0.3) is 5.91 Å². The summed E-state index contributed by atoms with van der Waals surface area (Å²) in [5.41, 5.74) is 1.11. The Hall–Kier alpha value is -2.70. The van der Waals surface area contributed by atoms with E-state index in [0.29, 0.717) is 11.4 Å². The first-order chi connectivity index (χ1) is 13.5. The lowest BCUT2D eigenvalue weighted by Gasteiger charge is -2.19. The lowest BCUT2D eigenvalue weighted by atomic mass is 9.85. The second-order valence-electron chi connectivity index (χ2n) is 7.35. The van der Waals surface area contributed by atoms with Gasteiger partial charge in [0, 0.05) is 11.9 Å². The summed E-state index contributed by atoms with van der Waals surface area (Å²) in [7, 11) is 0. The summed E-state index contributed by atoms with van der Waals surface area (Å²) in [4.78, 5) is 43.3. The standard InChI is InChI=1S/C21H16ClN3O3.ClH/c22-14-10-13(24-19(26)15-3-1-2-8-23-15)6-7-16(14)25-20(27)17-11-4-5-12(9-11)18(17)21(25)28;/h1-8,10-12,17-18H,9H2,(H,24,26);1H/t11-,12+,17-,18+;. The lowest BCUT2D eigenvalue weighted by Crippen LogP contribution is -2.33. The molecule has 5 rings (SSSR count). The van der Waals surface area contributed by atoms with Gasteiger partial charge in [-0.2, -0.15) is 0 Å². The number of carbonyl (C=O) groups is 3. The number of hydrogen-bond donors (Lipinski definition) is 1. The maximum absolute atomic E-state index is 12.9. The number of carbonyl (C=O) groups excluding carboxylic acids is 3. The van der Waals surface area contributed by atoms with Crippen molar-refractivity contribution in [1.29, 1.82) is 0 Å². The number of fused-ring (bicyclic) bond motifs is 5. The fourth-order valence-electron chi connectivity index (χ4n) is 4.60. The minimum absolute atomic E-state index is 0. The van der Waals surface area contributed by atoms with E-state index in [1.54, 1.807) is 36.4 Å². The molecule has 2 aliphatic carbocycles. The highest BCUT2D eigenvalue weighted by Crippen LogP contribution is 2.53. The number of halogens is 2. The second kappa shape index (κ2) is 7.28. The van der Waals surface area contributed by atoms with E-state index in [4.69, 9.17) is 11.6 Å². The highest BCUT2D eigenvalue weighted by Gasteiger charge is 2.59. The smallest absolute Gasteiger partial charge is 0.274 e. The number of anilines is 2. The molecule has 0 spiro atoms. The number of benzene rings is 1. The second-order valence-corrected chi connectivity index (χ2v) is 7.75. The number of pyridine rings is 1. The molecule has 2 aromatic rings. The first-order valence-corrected chi connectivity index (χ1v) is 9.50. The zero-order valence-electron chi connectivity index (χ0n) is 15.1. The van der Waals surface area contributed by atoms with Gasteiger partial charge >= 0.3 is 0 Å². The van der Waals surface area contributed by atoms with E-state index in [-0.39, 0.29) is 64.5 Å². The molecular formula is C21H17Cl2N3O3. The average molecular weight is 430 g/mol. The molecule has 0 unspecified atom stereocenters. The number of rotatable bonds is 3. The largest absolute Gasteiger partial charge is 0.321 e. The Bertz CT molecular complexity index is 1010. The summed E-state index contributed by atoms with van der Waals surface area (Å²) < 4.78 is 0. The normalized spacial score (nSPS) is 26.4. The monoisotopic (exact) mass is 429 g/mol. The van der Waals surface area contributed by atoms with Crippen LogP contribution < -0.4 is 10.2 Å². The maximum atomic E-state index is 12.9. The molecule has 2 fully saturated rings. The van der Waals surface area contributed by atoms with Crippen molar-refractivity contribution in [3.05, 3.63) is 65.5 Å². The molecule has 6 nitrogen and oxygen atoms in total. The average Bonchev–Trinajstić information content (AvgIpc) is 3.37. The van der Waals surface area contributed by atoms with Crippen molar-refractivity contribution >= 4 is 53.1 Å². The quantitative estimate of drug-likeness (QED) is 0.595. The first kappa shape index (κ1) is 19.6. The van der Waals surface area contributed by atoms with Crippen molar-refractivity contribution < 1.29 is 14.4 Å². The Morgan fingerprint density at radius 3 is 2.34 bits per heavy atom. The van der Waals surface area contributed by atoms with Gasteiger partial charge in [-0.05, 0) is 48.6 Å². The van der Waals surface area contributed by atoms with Crippen LogP contribution in [0.25, 0.3) is 0 Å². The molecule has 1 aromatic carbocycles. The Labute approximate surface area is 178 Å². The summed E-state index contributed by atoms with van der Waals surface area (Å²) in [6.07, 6.45) is 6.53. The predicted molar refractivity (Wildman–Crippen MR) is 111 cm³/mol. The van der Waals surface area contributed by atoms with Crippen LogP contribution in [0.1, 0.15) is 16.9 Å². The SMILES string of the molecule is Cl.O=C(Nc1ccc(N2C(=O)[C@@H]3[C@H](C2=O)[C@@H]2C=C[C@H]3C2)c(Cl)c1)c1ccccn1. The van der Waals surface area contributed by atoms with E-state index in [2.05, 4.69) is 22.5 Å². The van der Waals surface area contributed by atoms with Crippen molar-refractivity contribution in [2.24, 2.45) is 23.7 Å². The lowest BCUT2D eigenvalue weighted by molar-refractivity contribution is -0.123. The molecule has 2 heterocycles. The van der Waals surface area contributed by atoms with Crippen LogP contribution in [0.4, 0.5) is 11.4 Å². The third kappa shape index (κ3) is 3.03. The molecule has 1 saturated heterocycles. The van der Waals surface area contributed by atoms with Crippen molar-refractivity contribution in [3.8, 4) is 0 Å². The van der Waals surface area contributed by atoms with Gasteiger partial charge in [-0.1, -0.05) is 29.8 Å². The van der Waals surface area contributed by atoms with E-state index in [9.17, 15) is 14.4 Å². The van der Waals surface area contributed by atoms with Crippen LogP contribution in [0.2, 0.25) is 5.02 Å². The van der Waals surface area contributed by atoms with Crippen LogP contribution in [0.15, 0.2) is 54.7 Å². The molecule has 3 aliphatic rings. The van der Waals surface area contributed by atoms with E-state index in [1.807, 2.05) is 0 Å². The molecule has 0 radical (unpaired) electrons. The number of allylic oxidation sites excluding steroid dienone is 2. The molecule has 1 saturated carbocycles. The minimum Gasteiger partial charge on any atom is -0.321 e. The van der Waals surface area contributed by atoms with E-state index in [1.165, 1.54) is 11.1 Å². The van der Waals surface area contributed by atoms with E-state index in [0.717, 1.165) is 6.42 Å². The number of imide groups is 1. The summed E-state index contributed by atoms with van der Waals surface area (Å²) in [5.74, 6) is -0.989. The van der Waals surface area contributed by atoms with Gasteiger partial charge in [-0.25, -0.2) is 4.90 Å². The molecule has 148 valence electrons.